The van der Waals surface area contributed by atoms with Crippen molar-refractivity contribution >= 4 is 33.3 Å². The summed E-state index contributed by atoms with van der Waals surface area (Å²) < 4.78 is 27.2. The number of nitrogens with two attached hydrogens (primary N) is 1. The van der Waals surface area contributed by atoms with Gasteiger partial charge in [0.1, 0.15) is 0 Å². The first-order valence-corrected chi connectivity index (χ1v) is 10.3. The van der Waals surface area contributed by atoms with Crippen LogP contribution in [0.5, 0.6) is 0 Å². The molecule has 0 saturated carbocycles. The van der Waals surface area contributed by atoms with Crippen molar-refractivity contribution in [3.63, 3.8) is 0 Å². The van der Waals surface area contributed by atoms with E-state index in [1.165, 1.54) is 19.2 Å². The summed E-state index contributed by atoms with van der Waals surface area (Å²) in [6, 6.07) is 6.43. The number of ether oxygens (including phenoxy) is 1. The summed E-state index contributed by atoms with van der Waals surface area (Å²) in [7, 11) is -0.419. The molecule has 0 aliphatic heterocycles. The maximum absolute atomic E-state index is 11.3. The number of benzene rings is 1. The number of thiocarbonyl (C=S) groups is 1. The molecule has 1 aromatic carbocycles. The van der Waals surface area contributed by atoms with Gasteiger partial charge in [-0.15, -0.1) is 0 Å². The van der Waals surface area contributed by atoms with Crippen molar-refractivity contribution < 1.29 is 17.9 Å². The first-order chi connectivity index (χ1) is 12.2. The average Bonchev–Trinajstić information content (AvgIpc) is 2.62. The SMILES string of the molecule is COC(=O)CCCCCNC(=S)N(C)[C@@H](C)c1ccc(S(N)(=O)=O)cc1. The van der Waals surface area contributed by atoms with Crippen LogP contribution in [0, 0.1) is 0 Å². The number of rotatable bonds is 9. The fraction of sp³-hybridized carbons (Fsp3) is 0.529. The maximum Gasteiger partial charge on any atom is 0.305 e. The summed E-state index contributed by atoms with van der Waals surface area (Å²) >= 11 is 5.40. The maximum atomic E-state index is 11.3. The van der Waals surface area contributed by atoms with Crippen LogP contribution in [0.3, 0.4) is 0 Å². The number of methoxy groups -OCH3 is 1. The van der Waals surface area contributed by atoms with Gasteiger partial charge >= 0.3 is 5.97 Å². The van der Waals surface area contributed by atoms with E-state index in [4.69, 9.17) is 17.4 Å². The van der Waals surface area contributed by atoms with Crippen LogP contribution in [0.25, 0.3) is 0 Å². The van der Waals surface area contributed by atoms with Crippen molar-refractivity contribution in [2.24, 2.45) is 5.14 Å². The van der Waals surface area contributed by atoms with Crippen molar-refractivity contribution in [3.05, 3.63) is 29.8 Å². The highest BCUT2D eigenvalue weighted by atomic mass is 32.2. The first kappa shape index (κ1) is 22.3. The van der Waals surface area contributed by atoms with Gasteiger partial charge < -0.3 is 15.0 Å². The van der Waals surface area contributed by atoms with Crippen LogP contribution in [0.2, 0.25) is 0 Å². The Hall–Kier alpha value is -1.71. The Balaban J connectivity index is 2.43. The Morgan fingerprint density at radius 3 is 2.42 bits per heavy atom. The van der Waals surface area contributed by atoms with Crippen LogP contribution in [0.15, 0.2) is 29.2 Å². The second-order valence-electron chi connectivity index (χ2n) is 6.02. The van der Waals surface area contributed by atoms with E-state index in [9.17, 15) is 13.2 Å². The monoisotopic (exact) mass is 401 g/mol. The van der Waals surface area contributed by atoms with Gasteiger partial charge in [-0.05, 0) is 49.7 Å². The molecule has 0 fully saturated rings. The number of nitrogens with zero attached hydrogens (tertiary/aromatic N) is 1. The van der Waals surface area contributed by atoms with Gasteiger partial charge in [0.2, 0.25) is 10.0 Å². The molecule has 7 nitrogen and oxygen atoms in total. The highest BCUT2D eigenvalue weighted by Crippen LogP contribution is 2.20. The molecule has 1 aromatic rings. The van der Waals surface area contributed by atoms with Crippen LogP contribution in [-0.2, 0) is 19.6 Å². The van der Waals surface area contributed by atoms with Gasteiger partial charge in [0.05, 0.1) is 18.0 Å². The lowest BCUT2D eigenvalue weighted by Crippen LogP contribution is -2.39. The quantitative estimate of drug-likeness (QED) is 0.370. The smallest absolute Gasteiger partial charge is 0.305 e. The van der Waals surface area contributed by atoms with Crippen LogP contribution < -0.4 is 10.5 Å². The number of hydrogen-bond acceptors (Lipinski definition) is 5. The van der Waals surface area contributed by atoms with E-state index < -0.39 is 10.0 Å². The van der Waals surface area contributed by atoms with Crippen LogP contribution in [0.1, 0.15) is 44.2 Å². The molecule has 1 rings (SSSR count). The zero-order valence-corrected chi connectivity index (χ0v) is 17.0. The van der Waals surface area contributed by atoms with E-state index >= 15 is 0 Å². The minimum Gasteiger partial charge on any atom is -0.469 e. The average molecular weight is 402 g/mol. The van der Waals surface area contributed by atoms with Crippen molar-refractivity contribution in [1.82, 2.24) is 10.2 Å². The molecule has 0 radical (unpaired) electrons. The molecule has 0 aliphatic carbocycles. The minimum absolute atomic E-state index is 0.0242. The molecule has 3 N–H and O–H groups in total. The van der Waals surface area contributed by atoms with Crippen LogP contribution >= 0.6 is 12.2 Å². The second-order valence-corrected chi connectivity index (χ2v) is 7.97. The Bertz CT molecular complexity index is 705. The number of carbonyl (C=O) groups excluding carboxylic acids is 1. The predicted octanol–water partition coefficient (Wildman–Crippen LogP) is 1.93. The lowest BCUT2D eigenvalue weighted by molar-refractivity contribution is -0.140. The molecule has 0 bridgehead atoms. The molecule has 1 atom stereocenters. The summed E-state index contributed by atoms with van der Waals surface area (Å²) in [5, 5.41) is 8.92. The molecule has 0 unspecified atom stereocenters. The molecule has 0 heterocycles. The van der Waals surface area contributed by atoms with Crippen molar-refractivity contribution in [2.45, 2.75) is 43.5 Å². The number of carbonyl (C=O) groups is 1. The fourth-order valence-electron chi connectivity index (χ4n) is 2.33. The lowest BCUT2D eigenvalue weighted by Gasteiger charge is -2.28. The summed E-state index contributed by atoms with van der Waals surface area (Å²) in [6.07, 6.45) is 3.05. The Morgan fingerprint density at radius 1 is 1.27 bits per heavy atom. The normalized spacial score (nSPS) is 12.3. The minimum atomic E-state index is -3.69. The molecular formula is C17H27N3O4S2. The topological polar surface area (TPSA) is 102 Å². The van der Waals surface area contributed by atoms with Crippen molar-refractivity contribution in [2.75, 3.05) is 20.7 Å². The highest BCUT2D eigenvalue weighted by Gasteiger charge is 2.15. The standard InChI is InChI=1S/C17H27N3O4S2/c1-13(14-8-10-15(11-9-14)26(18,22)23)20(2)17(25)19-12-6-4-5-7-16(21)24-3/h8-11,13H,4-7,12H2,1-3H3,(H,19,25)(H2,18,22,23)/t13-/m0/s1. The number of esters is 1. The molecule has 0 spiro atoms. The zero-order valence-electron chi connectivity index (χ0n) is 15.4. The van der Waals surface area contributed by atoms with Gasteiger partial charge in [0.15, 0.2) is 5.11 Å². The molecule has 26 heavy (non-hydrogen) atoms. The number of nitrogens with one attached hydrogen (secondary N) is 1. The van der Waals surface area contributed by atoms with Crippen molar-refractivity contribution in [3.8, 4) is 0 Å². The molecule has 9 heteroatoms. The molecule has 0 amide bonds. The molecule has 0 aliphatic rings. The van der Waals surface area contributed by atoms with E-state index in [1.807, 2.05) is 18.9 Å². The number of hydrogen-bond donors (Lipinski definition) is 2. The third kappa shape index (κ3) is 7.27. The van der Waals surface area contributed by atoms with Crippen LogP contribution in [-0.4, -0.2) is 45.1 Å². The first-order valence-electron chi connectivity index (χ1n) is 8.37. The van der Waals surface area contributed by atoms with Gasteiger partial charge in [-0.25, -0.2) is 13.6 Å². The van der Waals surface area contributed by atoms with Gasteiger partial charge in [-0.3, -0.25) is 4.79 Å². The van der Waals surface area contributed by atoms with Gasteiger partial charge in [0.25, 0.3) is 0 Å². The Labute approximate surface area is 160 Å². The van der Waals surface area contributed by atoms with E-state index in [-0.39, 0.29) is 16.9 Å². The molecule has 0 aromatic heterocycles. The third-order valence-electron chi connectivity index (χ3n) is 4.15. The summed E-state index contributed by atoms with van der Waals surface area (Å²) in [6.45, 7) is 2.71. The van der Waals surface area contributed by atoms with E-state index in [1.54, 1.807) is 12.1 Å². The second kappa shape index (κ2) is 10.4. The summed E-state index contributed by atoms with van der Waals surface area (Å²) in [5.74, 6) is -0.185. The number of sulfonamides is 1. The fourth-order valence-corrected chi connectivity index (χ4v) is 3.10. The molecule has 0 saturated heterocycles. The number of primary sulfonamides is 1. The predicted molar refractivity (Wildman–Crippen MR) is 105 cm³/mol. The van der Waals surface area contributed by atoms with Gasteiger partial charge in [0, 0.05) is 20.0 Å². The van der Waals surface area contributed by atoms with Crippen molar-refractivity contribution in [1.29, 1.82) is 0 Å². The molecule has 146 valence electrons. The Kier molecular flexibility index (Phi) is 8.97. The van der Waals surface area contributed by atoms with Gasteiger partial charge in [-0.1, -0.05) is 18.6 Å². The van der Waals surface area contributed by atoms with E-state index in [2.05, 4.69) is 10.1 Å². The zero-order chi connectivity index (χ0) is 19.7. The highest BCUT2D eigenvalue weighted by molar-refractivity contribution is 7.89. The van der Waals surface area contributed by atoms with Gasteiger partial charge in [-0.2, -0.15) is 0 Å². The van der Waals surface area contributed by atoms with Crippen LogP contribution in [0.4, 0.5) is 0 Å². The van der Waals surface area contributed by atoms with E-state index in [0.717, 1.165) is 31.4 Å². The summed E-state index contributed by atoms with van der Waals surface area (Å²) in [4.78, 5) is 13.0. The third-order valence-corrected chi connectivity index (χ3v) is 5.52. The Morgan fingerprint density at radius 2 is 1.88 bits per heavy atom. The number of unbranched alkanes of at least 4 members (excludes halogenated alkanes) is 2. The van der Waals surface area contributed by atoms with E-state index in [0.29, 0.717) is 11.5 Å². The molecular weight excluding hydrogens is 374 g/mol. The largest absolute Gasteiger partial charge is 0.469 e. The lowest BCUT2D eigenvalue weighted by atomic mass is 10.1. The summed E-state index contributed by atoms with van der Waals surface area (Å²) in [5.41, 5.74) is 0.933.